The van der Waals surface area contributed by atoms with Gasteiger partial charge in [-0.1, -0.05) is 76.4 Å². The molecule has 43 heavy (non-hydrogen) atoms. The third-order valence-electron chi connectivity index (χ3n) is 8.09. The fraction of sp³-hybridized carbons (Fsp3) is 0.432. The fourth-order valence-electron chi connectivity index (χ4n) is 5.10. The number of carbonyl (C=O) groups excluding carboxylic acids is 1. The van der Waals surface area contributed by atoms with Gasteiger partial charge in [0.15, 0.2) is 0 Å². The van der Waals surface area contributed by atoms with Gasteiger partial charge in [-0.2, -0.15) is 0 Å². The molecule has 0 aliphatic rings. The van der Waals surface area contributed by atoms with E-state index in [1.807, 2.05) is 62.4 Å². The van der Waals surface area contributed by atoms with Gasteiger partial charge in [-0.25, -0.2) is 0 Å². The van der Waals surface area contributed by atoms with Crippen LogP contribution in [0.3, 0.4) is 0 Å². The minimum atomic E-state index is -1.03. The molecule has 0 atom stereocenters. The molecule has 0 aliphatic heterocycles. The Kier molecular flexibility index (Phi) is 14.0. The van der Waals surface area contributed by atoms with E-state index in [9.17, 15) is 14.7 Å². The number of nitrogens with zero attached hydrogens (tertiary/aromatic N) is 1. The molecular formula is C37H48N2O4. The van der Waals surface area contributed by atoms with Gasteiger partial charge in [0, 0.05) is 17.8 Å². The molecule has 3 aromatic rings. The first-order valence-corrected chi connectivity index (χ1v) is 15.9. The zero-order valence-electron chi connectivity index (χ0n) is 26.1. The topological polar surface area (TPSA) is 88.5 Å². The summed E-state index contributed by atoms with van der Waals surface area (Å²) >= 11 is 0. The van der Waals surface area contributed by atoms with Gasteiger partial charge in [-0.15, -0.1) is 0 Å². The minimum absolute atomic E-state index is 0.0466. The number of hydrogen-bond acceptors (Lipinski definition) is 4. The average molecular weight is 585 g/mol. The molecule has 6 heteroatoms. The largest absolute Gasteiger partial charge is 0.494 e. The lowest BCUT2D eigenvalue weighted by Crippen LogP contribution is -2.34. The molecule has 0 aliphatic carbocycles. The molecule has 6 nitrogen and oxygen atoms in total. The second-order valence-corrected chi connectivity index (χ2v) is 11.3. The summed E-state index contributed by atoms with van der Waals surface area (Å²) in [5.41, 5.74) is 3.90. The number of amides is 1. The Bertz CT molecular complexity index is 1310. The highest BCUT2D eigenvalue weighted by Crippen LogP contribution is 2.31. The van der Waals surface area contributed by atoms with Crippen molar-refractivity contribution in [2.24, 2.45) is 5.41 Å². The number of carbonyl (C=O) groups is 2. The van der Waals surface area contributed by atoms with Crippen LogP contribution >= 0.6 is 0 Å². The Labute approximate surface area is 257 Å². The Morgan fingerprint density at radius 2 is 1.58 bits per heavy atom. The molecule has 0 fully saturated rings. The van der Waals surface area contributed by atoms with E-state index in [2.05, 4.69) is 42.6 Å². The Balaban J connectivity index is 1.42. The molecule has 230 valence electrons. The number of hydrogen-bond donors (Lipinski definition) is 2. The van der Waals surface area contributed by atoms with Crippen molar-refractivity contribution in [3.8, 4) is 5.75 Å². The van der Waals surface area contributed by atoms with E-state index < -0.39 is 11.4 Å². The molecular weight excluding hydrogens is 536 g/mol. The van der Waals surface area contributed by atoms with Crippen LogP contribution in [0.1, 0.15) is 101 Å². The highest BCUT2D eigenvalue weighted by Gasteiger charge is 2.37. The molecule has 1 amide bonds. The van der Waals surface area contributed by atoms with Crippen LogP contribution in [0.5, 0.6) is 5.75 Å². The molecule has 3 rings (SSSR count). The first-order chi connectivity index (χ1) is 20.9. The van der Waals surface area contributed by atoms with Gasteiger partial charge in [0.25, 0.3) is 0 Å². The number of nitrogens with one attached hydrogen (secondary N) is 1. The van der Waals surface area contributed by atoms with Gasteiger partial charge >= 0.3 is 5.97 Å². The van der Waals surface area contributed by atoms with Crippen LogP contribution in [0, 0.1) is 5.41 Å². The lowest BCUT2D eigenvalue weighted by atomic mass is 9.79. The normalized spacial score (nSPS) is 11.5. The van der Waals surface area contributed by atoms with Crippen LogP contribution in [0.15, 0.2) is 66.7 Å². The molecule has 1 heterocycles. The summed E-state index contributed by atoms with van der Waals surface area (Å²) in [4.78, 5) is 29.2. The van der Waals surface area contributed by atoms with E-state index >= 15 is 0 Å². The van der Waals surface area contributed by atoms with Crippen molar-refractivity contribution >= 4 is 29.7 Å². The number of aliphatic carboxylic acids is 1. The van der Waals surface area contributed by atoms with E-state index in [1.165, 1.54) is 24.8 Å². The summed E-state index contributed by atoms with van der Waals surface area (Å²) in [6, 6.07) is 22.2. The number of anilines is 1. The highest BCUT2D eigenvalue weighted by atomic mass is 16.5. The van der Waals surface area contributed by atoms with Gasteiger partial charge in [0.2, 0.25) is 5.91 Å². The first kappa shape index (κ1) is 33.6. The van der Waals surface area contributed by atoms with Crippen molar-refractivity contribution in [1.29, 1.82) is 0 Å². The summed E-state index contributed by atoms with van der Waals surface area (Å²) < 4.78 is 5.75. The third kappa shape index (κ3) is 11.3. The van der Waals surface area contributed by atoms with Crippen LogP contribution in [-0.2, 0) is 22.4 Å². The zero-order chi connectivity index (χ0) is 30.9. The van der Waals surface area contributed by atoms with Gasteiger partial charge < -0.3 is 15.2 Å². The predicted molar refractivity (Wildman–Crippen MR) is 176 cm³/mol. The maximum Gasteiger partial charge on any atom is 0.310 e. The van der Waals surface area contributed by atoms with Crippen molar-refractivity contribution in [2.45, 2.75) is 91.4 Å². The summed E-state index contributed by atoms with van der Waals surface area (Å²) in [6.45, 7) is 6.58. The number of pyridine rings is 1. The van der Waals surface area contributed by atoms with Gasteiger partial charge in [-0.05, 0) is 98.5 Å². The van der Waals surface area contributed by atoms with E-state index in [0.717, 1.165) is 61.4 Å². The van der Waals surface area contributed by atoms with Gasteiger partial charge in [0.1, 0.15) is 5.75 Å². The van der Waals surface area contributed by atoms with Crippen molar-refractivity contribution in [1.82, 2.24) is 4.98 Å². The quantitative estimate of drug-likeness (QED) is 0.137. The maximum atomic E-state index is 12.6. The average Bonchev–Trinajstić information content (AvgIpc) is 3.01. The van der Waals surface area contributed by atoms with Gasteiger partial charge in [0.05, 0.1) is 17.7 Å². The number of carboxylic acids is 1. The molecule has 0 bridgehead atoms. The monoisotopic (exact) mass is 584 g/mol. The number of carboxylic acid groups (broad SMARTS) is 1. The van der Waals surface area contributed by atoms with Crippen LogP contribution < -0.4 is 10.1 Å². The summed E-state index contributed by atoms with van der Waals surface area (Å²) in [6.07, 6.45) is 13.7. The Hall–Kier alpha value is -3.93. The maximum absolute atomic E-state index is 12.6. The molecule has 0 saturated carbocycles. The van der Waals surface area contributed by atoms with Crippen LogP contribution in [0.4, 0.5) is 5.69 Å². The standard InChI is InChI=1S/C37H48N2O4/c1-4-7-26-43-34-24-21-29(22-25-34)14-10-8-9-11-16-31-17-13-18-32(38-31)23-20-30-15-12-19-33(27-30)39-35(40)28-37(5-2,6-3)36(41)42/h12-13,15,17-25,27H,4-11,14,16,26,28H2,1-3H3,(H,39,40)(H,41,42)/b23-20+. The zero-order valence-corrected chi connectivity index (χ0v) is 26.1. The number of ether oxygens (including phenoxy) is 1. The summed E-state index contributed by atoms with van der Waals surface area (Å²) in [7, 11) is 0. The SMILES string of the molecule is CCCCOc1ccc(CCCCCCc2cccc(/C=C/c3cccc(NC(=O)CC(CC)(CC)C(=O)O)c3)n2)cc1. The highest BCUT2D eigenvalue weighted by molar-refractivity contribution is 5.94. The Morgan fingerprint density at radius 3 is 2.28 bits per heavy atom. The molecule has 2 aromatic carbocycles. The van der Waals surface area contributed by atoms with Gasteiger partial charge in [-0.3, -0.25) is 14.6 Å². The van der Waals surface area contributed by atoms with Crippen molar-refractivity contribution in [3.05, 3.63) is 89.2 Å². The van der Waals surface area contributed by atoms with E-state index in [1.54, 1.807) is 0 Å². The van der Waals surface area contributed by atoms with E-state index in [0.29, 0.717) is 18.5 Å². The minimum Gasteiger partial charge on any atom is -0.494 e. The molecule has 0 saturated heterocycles. The lowest BCUT2D eigenvalue weighted by Gasteiger charge is -2.25. The summed E-state index contributed by atoms with van der Waals surface area (Å²) in [5.74, 6) is -0.253. The number of unbranched alkanes of at least 4 members (excludes halogenated alkanes) is 4. The molecule has 0 unspecified atom stereocenters. The van der Waals surface area contributed by atoms with Crippen LogP contribution in [0.25, 0.3) is 12.2 Å². The number of aryl methyl sites for hydroxylation is 2. The fourth-order valence-corrected chi connectivity index (χ4v) is 5.10. The predicted octanol–water partition coefficient (Wildman–Crippen LogP) is 9.00. The first-order valence-electron chi connectivity index (χ1n) is 15.9. The number of benzene rings is 2. The van der Waals surface area contributed by atoms with Crippen molar-refractivity contribution in [2.75, 3.05) is 11.9 Å². The van der Waals surface area contributed by atoms with Crippen molar-refractivity contribution in [3.63, 3.8) is 0 Å². The number of rotatable bonds is 19. The summed E-state index contributed by atoms with van der Waals surface area (Å²) in [5, 5.41) is 12.5. The third-order valence-corrected chi connectivity index (χ3v) is 8.09. The van der Waals surface area contributed by atoms with E-state index in [-0.39, 0.29) is 12.3 Å². The second kappa shape index (κ2) is 17.9. The molecule has 0 radical (unpaired) electrons. The number of aromatic nitrogens is 1. The van der Waals surface area contributed by atoms with Crippen LogP contribution in [0.2, 0.25) is 0 Å². The second-order valence-electron chi connectivity index (χ2n) is 11.3. The molecule has 0 spiro atoms. The lowest BCUT2D eigenvalue weighted by molar-refractivity contribution is -0.151. The molecule has 2 N–H and O–H groups in total. The van der Waals surface area contributed by atoms with E-state index in [4.69, 9.17) is 9.72 Å². The Morgan fingerprint density at radius 1 is 0.860 bits per heavy atom. The smallest absolute Gasteiger partial charge is 0.310 e. The van der Waals surface area contributed by atoms with Crippen LogP contribution in [-0.4, -0.2) is 28.6 Å². The molecule has 1 aromatic heterocycles. The van der Waals surface area contributed by atoms with Crippen molar-refractivity contribution < 1.29 is 19.4 Å².